The first-order chi connectivity index (χ1) is 15.0. The van der Waals surface area contributed by atoms with Gasteiger partial charge in [-0.1, -0.05) is 56.3 Å². The lowest BCUT2D eigenvalue weighted by molar-refractivity contribution is 0.0929. The van der Waals surface area contributed by atoms with Crippen LogP contribution in [-0.2, 0) is 0 Å². The Morgan fingerprint density at radius 1 is 1.06 bits per heavy atom. The van der Waals surface area contributed by atoms with Crippen molar-refractivity contribution in [3.63, 3.8) is 0 Å². The number of amides is 1. The van der Waals surface area contributed by atoms with Crippen LogP contribution in [0.1, 0.15) is 49.7 Å². The minimum atomic E-state index is -0.0912. The molecule has 1 heterocycles. The first-order valence-electron chi connectivity index (χ1n) is 11.3. The standard InChI is InChI=1S/C26H34N4O/c1-5-29(6-2)17-11-13-21(4)27-26(31)25-19-24(22-14-8-7-9-15-22)28-30(25)23-16-10-12-20(3)18-23/h7-10,12,14-16,18-19,21H,5-6,11,13,17H2,1-4H3,(H,27,31)/t21-/m1/s1. The van der Waals surface area contributed by atoms with Crippen LogP contribution in [-0.4, -0.2) is 46.3 Å². The Bertz CT molecular complexity index is 976. The van der Waals surface area contributed by atoms with Crippen LogP contribution in [0.25, 0.3) is 16.9 Å². The highest BCUT2D eigenvalue weighted by Crippen LogP contribution is 2.22. The molecule has 1 aromatic heterocycles. The monoisotopic (exact) mass is 418 g/mol. The summed E-state index contributed by atoms with van der Waals surface area (Å²) in [4.78, 5) is 15.6. The quantitative estimate of drug-likeness (QED) is 0.499. The van der Waals surface area contributed by atoms with Gasteiger partial charge in [-0.25, -0.2) is 4.68 Å². The SMILES string of the molecule is CCN(CC)CCC[C@@H](C)NC(=O)c1cc(-c2ccccc2)nn1-c1cccc(C)c1. The molecule has 0 saturated heterocycles. The van der Waals surface area contributed by atoms with Gasteiger partial charge in [-0.05, 0) is 70.1 Å². The molecule has 0 spiro atoms. The Morgan fingerprint density at radius 2 is 1.81 bits per heavy atom. The summed E-state index contributed by atoms with van der Waals surface area (Å²) in [6.07, 6.45) is 2.02. The molecule has 1 atom stereocenters. The smallest absolute Gasteiger partial charge is 0.270 e. The van der Waals surface area contributed by atoms with E-state index in [1.54, 1.807) is 4.68 Å². The zero-order chi connectivity index (χ0) is 22.2. The number of aromatic nitrogens is 2. The molecule has 5 nitrogen and oxygen atoms in total. The van der Waals surface area contributed by atoms with Crippen LogP contribution >= 0.6 is 0 Å². The van der Waals surface area contributed by atoms with Gasteiger partial charge in [0.15, 0.2) is 0 Å². The van der Waals surface area contributed by atoms with E-state index >= 15 is 0 Å². The highest BCUT2D eigenvalue weighted by molar-refractivity contribution is 5.94. The van der Waals surface area contributed by atoms with Crippen LogP contribution in [0, 0.1) is 6.92 Å². The van der Waals surface area contributed by atoms with Crippen molar-refractivity contribution in [1.82, 2.24) is 20.0 Å². The minimum Gasteiger partial charge on any atom is -0.348 e. The van der Waals surface area contributed by atoms with Gasteiger partial charge in [0.1, 0.15) is 5.69 Å². The molecule has 1 N–H and O–H groups in total. The average Bonchev–Trinajstić information content (AvgIpc) is 3.23. The molecule has 0 aliphatic carbocycles. The van der Waals surface area contributed by atoms with E-state index < -0.39 is 0 Å². The molecule has 0 aliphatic heterocycles. The predicted molar refractivity (Wildman–Crippen MR) is 128 cm³/mol. The lowest BCUT2D eigenvalue weighted by atomic mass is 10.1. The van der Waals surface area contributed by atoms with Gasteiger partial charge in [0.05, 0.1) is 11.4 Å². The third kappa shape index (κ3) is 6.05. The van der Waals surface area contributed by atoms with Gasteiger partial charge in [-0.2, -0.15) is 5.10 Å². The molecule has 164 valence electrons. The van der Waals surface area contributed by atoms with Gasteiger partial charge in [-0.15, -0.1) is 0 Å². The van der Waals surface area contributed by atoms with E-state index in [1.165, 1.54) is 0 Å². The van der Waals surface area contributed by atoms with Crippen molar-refractivity contribution >= 4 is 5.91 Å². The second kappa shape index (κ2) is 10.9. The molecule has 0 saturated carbocycles. The summed E-state index contributed by atoms with van der Waals surface area (Å²) in [6, 6.07) is 20.0. The largest absolute Gasteiger partial charge is 0.348 e. The number of hydrogen-bond acceptors (Lipinski definition) is 3. The molecule has 2 aromatic carbocycles. The van der Waals surface area contributed by atoms with Crippen molar-refractivity contribution in [3.05, 3.63) is 71.9 Å². The number of nitrogens with zero attached hydrogens (tertiary/aromatic N) is 3. The van der Waals surface area contributed by atoms with Gasteiger partial charge in [0, 0.05) is 11.6 Å². The third-order valence-corrected chi connectivity index (χ3v) is 5.64. The Morgan fingerprint density at radius 3 is 2.48 bits per heavy atom. The summed E-state index contributed by atoms with van der Waals surface area (Å²) < 4.78 is 1.76. The van der Waals surface area contributed by atoms with Crippen molar-refractivity contribution < 1.29 is 4.79 Å². The number of carbonyl (C=O) groups excluding carboxylic acids is 1. The molecule has 1 amide bonds. The molecule has 3 aromatic rings. The summed E-state index contributed by atoms with van der Waals surface area (Å²) >= 11 is 0. The average molecular weight is 419 g/mol. The molecule has 0 aliphatic rings. The lowest BCUT2D eigenvalue weighted by Gasteiger charge is -2.20. The Labute approximate surface area is 186 Å². The summed E-state index contributed by atoms with van der Waals surface area (Å²) in [5.41, 5.74) is 4.36. The number of carbonyl (C=O) groups is 1. The summed E-state index contributed by atoms with van der Waals surface area (Å²) in [5.74, 6) is -0.0912. The summed E-state index contributed by atoms with van der Waals surface area (Å²) in [5, 5.41) is 7.95. The normalized spacial score (nSPS) is 12.2. The summed E-state index contributed by atoms with van der Waals surface area (Å²) in [6.45, 7) is 11.7. The first-order valence-corrected chi connectivity index (χ1v) is 11.3. The number of rotatable bonds is 10. The number of nitrogens with one attached hydrogen (secondary N) is 1. The lowest BCUT2D eigenvalue weighted by Crippen LogP contribution is -2.34. The molecular formula is C26H34N4O. The van der Waals surface area contributed by atoms with Crippen molar-refractivity contribution in [3.8, 4) is 16.9 Å². The molecule has 0 bridgehead atoms. The van der Waals surface area contributed by atoms with E-state index in [1.807, 2.05) is 67.6 Å². The molecule has 3 rings (SSSR count). The Hall–Kier alpha value is -2.92. The molecule has 5 heteroatoms. The number of hydrogen-bond donors (Lipinski definition) is 1. The van der Waals surface area contributed by atoms with E-state index in [2.05, 4.69) is 31.0 Å². The Balaban J connectivity index is 1.80. The van der Waals surface area contributed by atoms with Crippen molar-refractivity contribution in [1.29, 1.82) is 0 Å². The highest BCUT2D eigenvalue weighted by Gasteiger charge is 2.19. The maximum atomic E-state index is 13.2. The Kier molecular flexibility index (Phi) is 8.01. The van der Waals surface area contributed by atoms with Crippen LogP contribution in [0.2, 0.25) is 0 Å². The van der Waals surface area contributed by atoms with Crippen LogP contribution in [0.5, 0.6) is 0 Å². The topological polar surface area (TPSA) is 50.2 Å². The molecular weight excluding hydrogens is 384 g/mol. The van der Waals surface area contributed by atoms with Gasteiger partial charge in [0.25, 0.3) is 5.91 Å². The van der Waals surface area contributed by atoms with Crippen molar-refractivity contribution in [2.24, 2.45) is 0 Å². The predicted octanol–water partition coefficient (Wildman–Crippen LogP) is 5.09. The number of aryl methyl sites for hydroxylation is 1. The van der Waals surface area contributed by atoms with E-state index in [0.717, 1.165) is 55.0 Å². The van der Waals surface area contributed by atoms with Gasteiger partial charge >= 0.3 is 0 Å². The van der Waals surface area contributed by atoms with Gasteiger partial charge < -0.3 is 10.2 Å². The van der Waals surface area contributed by atoms with E-state index in [-0.39, 0.29) is 11.9 Å². The second-order valence-electron chi connectivity index (χ2n) is 8.08. The van der Waals surface area contributed by atoms with E-state index in [0.29, 0.717) is 5.69 Å². The third-order valence-electron chi connectivity index (χ3n) is 5.64. The fourth-order valence-corrected chi connectivity index (χ4v) is 3.78. The molecule has 31 heavy (non-hydrogen) atoms. The molecule has 0 fully saturated rings. The first kappa shape index (κ1) is 22.8. The number of benzene rings is 2. The van der Waals surface area contributed by atoms with Gasteiger partial charge in [0.2, 0.25) is 0 Å². The fourth-order valence-electron chi connectivity index (χ4n) is 3.78. The highest BCUT2D eigenvalue weighted by atomic mass is 16.2. The van der Waals surface area contributed by atoms with Gasteiger partial charge in [-0.3, -0.25) is 4.79 Å². The van der Waals surface area contributed by atoms with Crippen molar-refractivity contribution in [2.45, 2.75) is 46.6 Å². The zero-order valence-corrected chi connectivity index (χ0v) is 19.1. The van der Waals surface area contributed by atoms with Crippen molar-refractivity contribution in [2.75, 3.05) is 19.6 Å². The van der Waals surface area contributed by atoms with E-state index in [4.69, 9.17) is 5.10 Å². The minimum absolute atomic E-state index is 0.0912. The van der Waals surface area contributed by atoms with Crippen LogP contribution < -0.4 is 5.32 Å². The summed E-state index contributed by atoms with van der Waals surface area (Å²) in [7, 11) is 0. The molecule has 0 radical (unpaired) electrons. The van der Waals surface area contributed by atoms with Crippen LogP contribution in [0.15, 0.2) is 60.7 Å². The van der Waals surface area contributed by atoms with E-state index in [9.17, 15) is 4.79 Å². The zero-order valence-electron chi connectivity index (χ0n) is 19.1. The second-order valence-corrected chi connectivity index (χ2v) is 8.08. The van der Waals surface area contributed by atoms with Crippen LogP contribution in [0.3, 0.4) is 0 Å². The van der Waals surface area contributed by atoms with Crippen LogP contribution in [0.4, 0.5) is 0 Å². The molecule has 0 unspecified atom stereocenters. The maximum Gasteiger partial charge on any atom is 0.270 e. The fraction of sp³-hybridized carbons (Fsp3) is 0.385. The maximum absolute atomic E-state index is 13.2.